The molecule has 0 saturated heterocycles. The van der Waals surface area contributed by atoms with E-state index < -0.39 is 5.41 Å². The molecule has 1 aromatic carbocycles. The van der Waals surface area contributed by atoms with E-state index in [0.29, 0.717) is 12.8 Å². The molecule has 18 heavy (non-hydrogen) atoms. The molecule has 0 aliphatic carbocycles. The molecule has 0 radical (unpaired) electrons. The highest BCUT2D eigenvalue weighted by Gasteiger charge is 2.34. The Balaban J connectivity index is 3.00. The van der Waals surface area contributed by atoms with Crippen LogP contribution < -0.4 is 0 Å². The van der Waals surface area contributed by atoms with Crippen LogP contribution in [0.2, 0.25) is 0 Å². The third-order valence-electron chi connectivity index (χ3n) is 3.38. The van der Waals surface area contributed by atoms with E-state index in [2.05, 4.69) is 19.9 Å². The van der Waals surface area contributed by atoms with E-state index in [0.717, 1.165) is 5.56 Å². The lowest BCUT2D eigenvalue weighted by Gasteiger charge is -2.30. The van der Waals surface area contributed by atoms with Gasteiger partial charge in [-0.15, -0.1) is 0 Å². The van der Waals surface area contributed by atoms with Gasteiger partial charge in [0.15, 0.2) is 0 Å². The van der Waals surface area contributed by atoms with Gasteiger partial charge in [-0.05, 0) is 24.3 Å². The fraction of sp³-hybridized carbons (Fsp3) is 0.438. The van der Waals surface area contributed by atoms with Crippen LogP contribution in [0.25, 0.3) is 0 Å². The Morgan fingerprint density at radius 2 is 1.94 bits per heavy atom. The highest BCUT2D eigenvalue weighted by Crippen LogP contribution is 2.35. The predicted molar refractivity (Wildman–Crippen MR) is 74.0 cm³/mol. The minimum absolute atomic E-state index is 0.156. The van der Waals surface area contributed by atoms with Gasteiger partial charge in [0.1, 0.15) is 0 Å². The zero-order valence-corrected chi connectivity index (χ0v) is 11.1. The van der Waals surface area contributed by atoms with Crippen molar-refractivity contribution in [3.05, 3.63) is 48.0 Å². The van der Waals surface area contributed by atoms with Gasteiger partial charge in [0.05, 0.1) is 11.5 Å². The monoisotopic (exact) mass is 243 g/mol. The minimum atomic E-state index is -0.479. The smallest absolute Gasteiger partial charge is 0.0879 e. The van der Waals surface area contributed by atoms with Crippen molar-refractivity contribution < 1.29 is 5.11 Å². The molecule has 0 aliphatic rings. The number of nitrogens with zero attached hydrogens (tertiary/aromatic N) is 1. The summed E-state index contributed by atoms with van der Waals surface area (Å²) in [7, 11) is 0. The number of benzene rings is 1. The predicted octanol–water partition coefficient (Wildman–Crippen LogP) is 3.43. The highest BCUT2D eigenvalue weighted by atomic mass is 16.2. The number of aliphatic hydroxyl groups is 1. The van der Waals surface area contributed by atoms with Crippen LogP contribution in [0.1, 0.15) is 32.3 Å². The Labute approximate surface area is 110 Å². The van der Waals surface area contributed by atoms with Gasteiger partial charge in [0.25, 0.3) is 0 Å². The molecule has 0 aliphatic heterocycles. The summed E-state index contributed by atoms with van der Waals surface area (Å²) in [6.07, 6.45) is 5.28. The molecule has 2 nitrogen and oxygen atoms in total. The summed E-state index contributed by atoms with van der Waals surface area (Å²) in [5.74, 6) is 0.240. The minimum Gasteiger partial charge on any atom is -0.396 e. The second-order valence-corrected chi connectivity index (χ2v) is 4.79. The van der Waals surface area contributed by atoms with Crippen molar-refractivity contribution in [2.75, 3.05) is 6.61 Å². The van der Waals surface area contributed by atoms with Crippen molar-refractivity contribution in [1.82, 2.24) is 0 Å². The van der Waals surface area contributed by atoms with Gasteiger partial charge < -0.3 is 5.11 Å². The number of hydrogen-bond acceptors (Lipinski definition) is 2. The van der Waals surface area contributed by atoms with Gasteiger partial charge in [-0.25, -0.2) is 0 Å². The molecule has 0 amide bonds. The van der Waals surface area contributed by atoms with Crippen molar-refractivity contribution in [2.45, 2.75) is 32.1 Å². The molecule has 0 fully saturated rings. The fourth-order valence-corrected chi connectivity index (χ4v) is 2.12. The molecule has 0 bridgehead atoms. The lowest BCUT2D eigenvalue weighted by atomic mass is 9.70. The first-order chi connectivity index (χ1) is 8.67. The van der Waals surface area contributed by atoms with Crippen LogP contribution in [0, 0.1) is 17.2 Å². The number of aliphatic hydroxyl groups excluding tert-OH is 1. The molecule has 1 aromatic rings. The maximum Gasteiger partial charge on any atom is 0.0879 e. The summed E-state index contributed by atoms with van der Waals surface area (Å²) in [6.45, 7) is 4.31. The second kappa shape index (κ2) is 6.98. The van der Waals surface area contributed by atoms with Gasteiger partial charge in [-0.1, -0.05) is 56.3 Å². The molecule has 96 valence electrons. The van der Waals surface area contributed by atoms with Crippen LogP contribution >= 0.6 is 0 Å². The van der Waals surface area contributed by atoms with E-state index in [4.69, 9.17) is 5.11 Å². The second-order valence-electron chi connectivity index (χ2n) is 4.79. The molecule has 0 aromatic heterocycles. The summed E-state index contributed by atoms with van der Waals surface area (Å²) in [6, 6.07) is 12.4. The topological polar surface area (TPSA) is 44.0 Å². The van der Waals surface area contributed by atoms with E-state index in [1.807, 2.05) is 42.5 Å². The third kappa shape index (κ3) is 3.21. The van der Waals surface area contributed by atoms with Crippen molar-refractivity contribution in [1.29, 1.82) is 5.26 Å². The molecule has 0 spiro atoms. The Bertz CT molecular complexity index is 416. The number of nitriles is 1. The van der Waals surface area contributed by atoms with Crippen molar-refractivity contribution >= 4 is 0 Å². The first-order valence-electron chi connectivity index (χ1n) is 6.40. The first kappa shape index (κ1) is 14.5. The zero-order chi connectivity index (χ0) is 13.4. The van der Waals surface area contributed by atoms with E-state index in [-0.39, 0.29) is 12.5 Å². The van der Waals surface area contributed by atoms with Crippen molar-refractivity contribution in [3.8, 4) is 6.07 Å². The highest BCUT2D eigenvalue weighted by molar-refractivity contribution is 5.34. The molecular formula is C16H21NO. The van der Waals surface area contributed by atoms with E-state index in [1.54, 1.807) is 0 Å². The van der Waals surface area contributed by atoms with Gasteiger partial charge >= 0.3 is 0 Å². The van der Waals surface area contributed by atoms with E-state index in [9.17, 15) is 5.26 Å². The van der Waals surface area contributed by atoms with Crippen molar-refractivity contribution in [3.63, 3.8) is 0 Å². The van der Waals surface area contributed by atoms with Gasteiger partial charge in [0, 0.05) is 6.61 Å². The lowest BCUT2D eigenvalue weighted by Crippen LogP contribution is -2.30. The lowest BCUT2D eigenvalue weighted by molar-refractivity contribution is 0.302. The largest absolute Gasteiger partial charge is 0.396 e. The molecular weight excluding hydrogens is 222 g/mol. The molecule has 2 heteroatoms. The molecule has 0 unspecified atom stereocenters. The summed E-state index contributed by atoms with van der Waals surface area (Å²) in [4.78, 5) is 0. The van der Waals surface area contributed by atoms with Gasteiger partial charge in [-0.3, -0.25) is 0 Å². The van der Waals surface area contributed by atoms with E-state index in [1.165, 1.54) is 0 Å². The van der Waals surface area contributed by atoms with Crippen molar-refractivity contribution in [2.24, 2.45) is 5.92 Å². The van der Waals surface area contributed by atoms with Crippen LogP contribution in [0.4, 0.5) is 0 Å². The summed E-state index contributed by atoms with van der Waals surface area (Å²) >= 11 is 0. The van der Waals surface area contributed by atoms with Crippen LogP contribution in [-0.2, 0) is 5.41 Å². The maximum atomic E-state index is 9.62. The number of allylic oxidation sites excluding steroid dienone is 1. The summed E-state index contributed by atoms with van der Waals surface area (Å²) in [5, 5.41) is 18.4. The average molecular weight is 243 g/mol. The molecule has 0 heterocycles. The summed E-state index contributed by atoms with van der Waals surface area (Å²) in [5.41, 5.74) is 0.587. The summed E-state index contributed by atoms with van der Waals surface area (Å²) < 4.78 is 0. The Morgan fingerprint density at radius 1 is 1.28 bits per heavy atom. The fourth-order valence-electron chi connectivity index (χ4n) is 2.12. The van der Waals surface area contributed by atoms with Gasteiger partial charge in [-0.2, -0.15) is 5.26 Å². The van der Waals surface area contributed by atoms with Gasteiger partial charge in [0.2, 0.25) is 0 Å². The SMILES string of the molecule is CC(C)[C@@](C#N)(CC=CCCO)c1ccccc1. The molecule has 1 rings (SSSR count). The first-order valence-corrected chi connectivity index (χ1v) is 6.40. The third-order valence-corrected chi connectivity index (χ3v) is 3.38. The van der Waals surface area contributed by atoms with Crippen LogP contribution in [0.3, 0.4) is 0 Å². The van der Waals surface area contributed by atoms with Crippen LogP contribution in [0.5, 0.6) is 0 Å². The average Bonchev–Trinajstić information content (AvgIpc) is 2.40. The standard InChI is InChI=1S/C16H21NO/c1-14(2)16(13-17,11-7-4-8-12-18)15-9-5-3-6-10-15/h3-7,9-10,14,18H,8,11-12H2,1-2H3/t16-/m0/s1. The Hall–Kier alpha value is -1.59. The Morgan fingerprint density at radius 3 is 2.44 bits per heavy atom. The Kier molecular flexibility index (Phi) is 5.61. The maximum absolute atomic E-state index is 9.62. The number of hydrogen-bond donors (Lipinski definition) is 1. The normalized spacial score (nSPS) is 14.6. The van der Waals surface area contributed by atoms with Crippen LogP contribution in [-0.4, -0.2) is 11.7 Å². The molecule has 1 N–H and O–H groups in total. The number of rotatable bonds is 6. The van der Waals surface area contributed by atoms with E-state index >= 15 is 0 Å². The molecule has 1 atom stereocenters. The zero-order valence-electron chi connectivity index (χ0n) is 11.1. The quantitative estimate of drug-likeness (QED) is 0.778. The van der Waals surface area contributed by atoms with Crippen LogP contribution in [0.15, 0.2) is 42.5 Å². The molecule has 0 saturated carbocycles.